The average Bonchev–Trinajstić information content (AvgIpc) is 3.20. The molecule has 0 spiro atoms. The second-order valence-corrected chi connectivity index (χ2v) is 13.9. The first-order valence-corrected chi connectivity index (χ1v) is 15.5. The number of ether oxygens (including phenoxy) is 4. The van der Waals surface area contributed by atoms with E-state index in [-0.39, 0.29) is 5.60 Å². The monoisotopic (exact) mass is 579 g/mol. The first-order valence-electron chi connectivity index (χ1n) is 13.6. The summed E-state index contributed by atoms with van der Waals surface area (Å²) in [5.41, 5.74) is 2.08. The van der Waals surface area contributed by atoms with E-state index in [1.54, 1.807) is 19.9 Å². The molecule has 1 saturated heterocycles. The lowest BCUT2D eigenvalue weighted by Crippen LogP contribution is -2.47. The highest BCUT2D eigenvalue weighted by Gasteiger charge is 2.34. The number of anilines is 2. The third-order valence-electron chi connectivity index (χ3n) is 7.18. The lowest BCUT2D eigenvalue weighted by atomic mass is 10.0. The summed E-state index contributed by atoms with van der Waals surface area (Å²) >= 11 is 6.34. The first-order chi connectivity index (χ1) is 18.5. The first kappa shape index (κ1) is 28.0. The summed E-state index contributed by atoms with van der Waals surface area (Å²) < 4.78 is 51.6. The molecule has 0 aliphatic carbocycles. The van der Waals surface area contributed by atoms with E-state index in [4.69, 9.17) is 30.5 Å². The van der Waals surface area contributed by atoms with Gasteiger partial charge >= 0.3 is 0 Å². The molecule has 39 heavy (non-hydrogen) atoms. The van der Waals surface area contributed by atoms with E-state index in [0.717, 1.165) is 56.1 Å². The Bertz CT molecular complexity index is 1310. The molecule has 214 valence electrons. The van der Waals surface area contributed by atoms with Crippen molar-refractivity contribution in [2.75, 3.05) is 62.2 Å². The summed E-state index contributed by atoms with van der Waals surface area (Å²) in [6, 6.07) is 7.35. The number of piperazine rings is 1. The smallest absolute Gasteiger partial charge is 0.235 e. The second kappa shape index (κ2) is 11.1. The number of hydrogen-bond donors (Lipinski definition) is 1. The molecular weight excluding hydrogens is 542 g/mol. The fourth-order valence-corrected chi connectivity index (χ4v) is 6.03. The van der Waals surface area contributed by atoms with Crippen LogP contribution in [0.25, 0.3) is 0 Å². The normalized spacial score (nSPS) is 18.6. The third kappa shape index (κ3) is 6.44. The summed E-state index contributed by atoms with van der Waals surface area (Å²) in [5.74, 6) is 2.78. The van der Waals surface area contributed by atoms with Crippen molar-refractivity contribution >= 4 is 33.0 Å². The molecule has 1 N–H and O–H groups in total. The quantitative estimate of drug-likeness (QED) is 0.432. The van der Waals surface area contributed by atoms with Crippen LogP contribution in [0.15, 0.2) is 24.3 Å². The predicted octanol–water partition coefficient (Wildman–Crippen LogP) is 4.57. The molecule has 5 rings (SSSR count). The lowest BCUT2D eigenvalue weighted by Gasteiger charge is -2.37. The maximum Gasteiger partial charge on any atom is 0.235 e. The van der Waals surface area contributed by atoms with Crippen LogP contribution in [-0.2, 0) is 16.4 Å². The summed E-state index contributed by atoms with van der Waals surface area (Å²) in [6.45, 7) is 13.4. The van der Waals surface area contributed by atoms with Crippen LogP contribution in [-0.4, -0.2) is 76.7 Å². The summed E-state index contributed by atoms with van der Waals surface area (Å²) in [7, 11) is -3.47. The molecule has 1 fully saturated rings. The Morgan fingerprint density at radius 3 is 2.54 bits per heavy atom. The van der Waals surface area contributed by atoms with Gasteiger partial charge in [-0.1, -0.05) is 11.6 Å². The number of halogens is 1. The van der Waals surface area contributed by atoms with Crippen LogP contribution in [0.1, 0.15) is 39.7 Å². The molecule has 0 unspecified atom stereocenters. The SMILES string of the molecule is CC(C)S(=O)(=O)Nc1cc2c(c(OCCCN3CCN(c4cc(Cl)cc5c4OCCO5)CC3)c1)OC(C)(C)C2. The fourth-order valence-electron chi connectivity index (χ4n) is 5.15. The van der Waals surface area contributed by atoms with Crippen molar-refractivity contribution in [3.05, 3.63) is 34.9 Å². The molecule has 0 saturated carbocycles. The highest BCUT2D eigenvalue weighted by molar-refractivity contribution is 7.93. The maximum absolute atomic E-state index is 12.5. The Morgan fingerprint density at radius 1 is 1.05 bits per heavy atom. The molecule has 0 atom stereocenters. The van der Waals surface area contributed by atoms with E-state index in [9.17, 15) is 8.42 Å². The van der Waals surface area contributed by atoms with Gasteiger partial charge in [-0.25, -0.2) is 8.42 Å². The molecule has 0 aromatic heterocycles. The minimum atomic E-state index is -3.47. The zero-order chi connectivity index (χ0) is 27.8. The van der Waals surface area contributed by atoms with Crippen molar-refractivity contribution in [2.45, 2.75) is 51.4 Å². The topological polar surface area (TPSA) is 89.6 Å². The Morgan fingerprint density at radius 2 is 1.79 bits per heavy atom. The minimum absolute atomic E-state index is 0.366. The van der Waals surface area contributed by atoms with Gasteiger partial charge in [0.2, 0.25) is 10.0 Å². The molecule has 9 nitrogen and oxygen atoms in total. The highest BCUT2D eigenvalue weighted by Crippen LogP contribution is 2.45. The van der Waals surface area contributed by atoms with Gasteiger partial charge in [0.05, 0.1) is 23.2 Å². The van der Waals surface area contributed by atoms with E-state index in [2.05, 4.69) is 14.5 Å². The Balaban J connectivity index is 1.16. The fraction of sp³-hybridized carbons (Fsp3) is 0.571. The van der Waals surface area contributed by atoms with Crippen molar-refractivity contribution < 1.29 is 27.4 Å². The van der Waals surface area contributed by atoms with Crippen molar-refractivity contribution in [1.82, 2.24) is 4.90 Å². The summed E-state index contributed by atoms with van der Waals surface area (Å²) in [4.78, 5) is 4.73. The van der Waals surface area contributed by atoms with E-state index in [1.807, 2.05) is 32.0 Å². The number of nitrogens with zero attached hydrogens (tertiary/aromatic N) is 2. The van der Waals surface area contributed by atoms with Crippen LogP contribution in [0.3, 0.4) is 0 Å². The highest BCUT2D eigenvalue weighted by atomic mass is 35.5. The molecule has 3 aliphatic rings. The van der Waals surface area contributed by atoms with E-state index in [1.165, 1.54) is 0 Å². The Kier molecular flexibility index (Phi) is 7.99. The average molecular weight is 580 g/mol. The third-order valence-corrected chi connectivity index (χ3v) is 9.16. The predicted molar refractivity (Wildman–Crippen MR) is 154 cm³/mol. The molecule has 3 heterocycles. The molecule has 0 radical (unpaired) electrons. The summed E-state index contributed by atoms with van der Waals surface area (Å²) in [6.07, 6.45) is 1.52. The number of hydrogen-bond acceptors (Lipinski definition) is 8. The lowest BCUT2D eigenvalue weighted by molar-refractivity contribution is 0.131. The van der Waals surface area contributed by atoms with E-state index >= 15 is 0 Å². The minimum Gasteiger partial charge on any atom is -0.490 e. The Labute approximate surface area is 236 Å². The molecular formula is C28H38ClN3O6S. The van der Waals surface area contributed by atoms with Gasteiger partial charge in [-0.15, -0.1) is 0 Å². The Hall–Kier alpha value is -2.56. The van der Waals surface area contributed by atoms with Crippen molar-refractivity contribution in [3.63, 3.8) is 0 Å². The second-order valence-electron chi connectivity index (χ2n) is 11.2. The maximum atomic E-state index is 12.5. The number of nitrogens with one attached hydrogen (secondary N) is 1. The molecule has 0 bridgehead atoms. The van der Waals surface area contributed by atoms with Gasteiger partial charge in [-0.05, 0) is 46.2 Å². The zero-order valence-corrected chi connectivity index (χ0v) is 24.7. The van der Waals surface area contributed by atoms with Crippen molar-refractivity contribution in [1.29, 1.82) is 0 Å². The van der Waals surface area contributed by atoms with Gasteiger partial charge in [-0.2, -0.15) is 0 Å². The van der Waals surface area contributed by atoms with Crippen molar-refractivity contribution in [3.8, 4) is 23.0 Å². The number of rotatable bonds is 9. The van der Waals surface area contributed by atoms with Crippen LogP contribution in [0.4, 0.5) is 11.4 Å². The van der Waals surface area contributed by atoms with Crippen LogP contribution >= 0.6 is 11.6 Å². The van der Waals surface area contributed by atoms with E-state index < -0.39 is 15.3 Å². The van der Waals surface area contributed by atoms with Crippen LogP contribution < -0.4 is 28.6 Å². The van der Waals surface area contributed by atoms with Crippen molar-refractivity contribution in [2.24, 2.45) is 0 Å². The standard InChI is InChI=1S/C28H38ClN3O6S/c1-19(2)39(33,34)30-22-14-20-18-28(3,4)38-26(20)25(17-22)35-11-5-6-31-7-9-32(10-8-31)23-15-21(29)16-24-27(23)37-13-12-36-24/h14-17,19,30H,5-13,18H2,1-4H3. The van der Waals surface area contributed by atoms with Gasteiger partial charge in [0.15, 0.2) is 23.0 Å². The largest absolute Gasteiger partial charge is 0.490 e. The van der Waals surface area contributed by atoms with Gasteiger partial charge in [0.1, 0.15) is 18.8 Å². The molecule has 11 heteroatoms. The number of benzene rings is 2. The summed E-state index contributed by atoms with van der Waals surface area (Å²) in [5, 5.41) is 0.113. The van der Waals surface area contributed by atoms with Gasteiger partial charge < -0.3 is 23.8 Å². The van der Waals surface area contributed by atoms with Crippen LogP contribution in [0.2, 0.25) is 5.02 Å². The zero-order valence-electron chi connectivity index (χ0n) is 23.1. The molecule has 2 aromatic carbocycles. The van der Waals surface area contributed by atoms with Gasteiger partial charge in [-0.3, -0.25) is 9.62 Å². The molecule has 0 amide bonds. The number of sulfonamides is 1. The molecule has 2 aromatic rings. The van der Waals surface area contributed by atoms with Crippen LogP contribution in [0.5, 0.6) is 23.0 Å². The van der Waals surface area contributed by atoms with Gasteiger partial charge in [0.25, 0.3) is 0 Å². The van der Waals surface area contributed by atoms with E-state index in [0.29, 0.717) is 54.2 Å². The number of fused-ring (bicyclic) bond motifs is 2. The van der Waals surface area contributed by atoms with Crippen LogP contribution in [0, 0.1) is 0 Å². The molecule has 3 aliphatic heterocycles. The van der Waals surface area contributed by atoms with Gasteiger partial charge in [0, 0.05) is 61.9 Å².